The molecule has 4 nitrogen and oxygen atoms in total. The van der Waals surface area contributed by atoms with Crippen molar-refractivity contribution in [3.05, 3.63) is 67.7 Å². The van der Waals surface area contributed by atoms with Crippen LogP contribution in [0.25, 0.3) is 0 Å². The molecule has 0 fully saturated rings. The van der Waals surface area contributed by atoms with Gasteiger partial charge in [-0.3, -0.25) is 4.79 Å². The van der Waals surface area contributed by atoms with E-state index in [9.17, 15) is 9.18 Å². The molecule has 1 aliphatic carbocycles. The highest BCUT2D eigenvalue weighted by molar-refractivity contribution is 14.1. The van der Waals surface area contributed by atoms with Crippen LogP contribution in [-0.2, 0) is 11.2 Å². The SMILES string of the molecule is CC(=N)/C(C(=O)NC1=CC=C(F)CC1)=C(/C)Cc1ccc(C#N)c(I)c1. The molecule has 1 aliphatic rings. The van der Waals surface area contributed by atoms with E-state index < -0.39 is 0 Å². The molecule has 2 N–H and O–H groups in total. The summed E-state index contributed by atoms with van der Waals surface area (Å²) in [6.07, 6.45) is 4.13. The van der Waals surface area contributed by atoms with Crippen molar-refractivity contribution < 1.29 is 9.18 Å². The number of hydrogen-bond acceptors (Lipinski definition) is 3. The summed E-state index contributed by atoms with van der Waals surface area (Å²) in [5.41, 5.74) is 3.52. The minimum absolute atomic E-state index is 0.182. The zero-order chi connectivity index (χ0) is 19.3. The molecule has 0 atom stereocenters. The molecule has 0 heterocycles. The fraction of sp³-hybridized carbons (Fsp3) is 0.250. The molecule has 2 rings (SSSR count). The van der Waals surface area contributed by atoms with Gasteiger partial charge in [0.1, 0.15) is 11.9 Å². The maximum atomic E-state index is 13.1. The van der Waals surface area contributed by atoms with E-state index in [1.807, 2.05) is 19.1 Å². The number of benzene rings is 1. The van der Waals surface area contributed by atoms with E-state index in [4.69, 9.17) is 10.7 Å². The minimum Gasteiger partial charge on any atom is -0.326 e. The van der Waals surface area contributed by atoms with Crippen LogP contribution in [0.1, 0.15) is 37.8 Å². The third-order valence-corrected chi connectivity index (χ3v) is 4.92. The van der Waals surface area contributed by atoms with Crippen molar-refractivity contribution in [1.82, 2.24) is 5.32 Å². The van der Waals surface area contributed by atoms with E-state index in [1.165, 1.54) is 6.08 Å². The van der Waals surface area contributed by atoms with Gasteiger partial charge in [-0.1, -0.05) is 11.6 Å². The van der Waals surface area contributed by atoms with Crippen LogP contribution in [0.15, 0.2) is 53.0 Å². The molecule has 0 bridgehead atoms. The molecule has 0 radical (unpaired) electrons. The van der Waals surface area contributed by atoms with Crippen molar-refractivity contribution in [2.75, 3.05) is 0 Å². The van der Waals surface area contributed by atoms with Crippen molar-refractivity contribution in [2.24, 2.45) is 0 Å². The molecule has 0 saturated heterocycles. The molecule has 0 unspecified atom stereocenters. The summed E-state index contributed by atoms with van der Waals surface area (Å²) >= 11 is 2.11. The lowest BCUT2D eigenvalue weighted by Gasteiger charge is -2.16. The molecule has 1 amide bonds. The highest BCUT2D eigenvalue weighted by atomic mass is 127. The quantitative estimate of drug-likeness (QED) is 0.377. The zero-order valence-electron chi connectivity index (χ0n) is 14.6. The molecule has 0 aliphatic heterocycles. The Labute approximate surface area is 166 Å². The van der Waals surface area contributed by atoms with Gasteiger partial charge in [0.05, 0.1) is 11.1 Å². The largest absolute Gasteiger partial charge is 0.326 e. The van der Waals surface area contributed by atoms with Gasteiger partial charge in [-0.05, 0) is 79.1 Å². The number of amides is 1. The van der Waals surface area contributed by atoms with Gasteiger partial charge in [0, 0.05) is 21.4 Å². The summed E-state index contributed by atoms with van der Waals surface area (Å²) in [5, 5.41) is 19.8. The first kappa shape index (κ1) is 20.0. The van der Waals surface area contributed by atoms with Crippen LogP contribution in [0.5, 0.6) is 0 Å². The molecule has 0 aromatic heterocycles. The van der Waals surface area contributed by atoms with Crippen LogP contribution in [0.2, 0.25) is 0 Å². The summed E-state index contributed by atoms with van der Waals surface area (Å²) < 4.78 is 13.9. The Morgan fingerprint density at radius 3 is 2.62 bits per heavy atom. The smallest absolute Gasteiger partial charge is 0.257 e. The average molecular weight is 463 g/mol. The summed E-state index contributed by atoms with van der Waals surface area (Å²) in [6, 6.07) is 7.66. The number of nitrogens with one attached hydrogen (secondary N) is 2. The van der Waals surface area contributed by atoms with Crippen LogP contribution in [0.4, 0.5) is 4.39 Å². The molecule has 6 heteroatoms. The average Bonchev–Trinajstić information content (AvgIpc) is 2.57. The van der Waals surface area contributed by atoms with Gasteiger partial charge in [-0.15, -0.1) is 0 Å². The van der Waals surface area contributed by atoms with E-state index in [1.54, 1.807) is 19.1 Å². The number of allylic oxidation sites excluding steroid dienone is 5. The summed E-state index contributed by atoms with van der Waals surface area (Å²) in [4.78, 5) is 12.6. The van der Waals surface area contributed by atoms with Gasteiger partial charge in [-0.2, -0.15) is 5.26 Å². The number of carbonyl (C=O) groups is 1. The van der Waals surface area contributed by atoms with E-state index in [0.717, 1.165) is 14.7 Å². The van der Waals surface area contributed by atoms with Gasteiger partial charge in [0.2, 0.25) is 0 Å². The van der Waals surface area contributed by atoms with Gasteiger partial charge >= 0.3 is 0 Å². The van der Waals surface area contributed by atoms with Gasteiger partial charge in [-0.25, -0.2) is 4.39 Å². The summed E-state index contributed by atoms with van der Waals surface area (Å²) in [6.45, 7) is 3.41. The number of nitrogens with zero attached hydrogens (tertiary/aromatic N) is 1. The predicted octanol–water partition coefficient (Wildman–Crippen LogP) is 4.71. The fourth-order valence-electron chi connectivity index (χ4n) is 2.76. The van der Waals surface area contributed by atoms with Crippen molar-refractivity contribution in [1.29, 1.82) is 10.7 Å². The summed E-state index contributed by atoms with van der Waals surface area (Å²) in [7, 11) is 0. The highest BCUT2D eigenvalue weighted by Crippen LogP contribution is 2.20. The third kappa shape index (κ3) is 5.11. The molecule has 0 saturated carbocycles. The number of carbonyl (C=O) groups excluding carboxylic acids is 1. The Kier molecular flexibility index (Phi) is 6.86. The minimum atomic E-state index is -0.347. The maximum Gasteiger partial charge on any atom is 0.257 e. The lowest BCUT2D eigenvalue weighted by atomic mass is 9.97. The van der Waals surface area contributed by atoms with Gasteiger partial charge < -0.3 is 10.7 Å². The lowest BCUT2D eigenvalue weighted by Crippen LogP contribution is -2.28. The van der Waals surface area contributed by atoms with Crippen LogP contribution in [0, 0.1) is 20.3 Å². The molecule has 134 valence electrons. The normalized spacial score (nSPS) is 14.6. The molecule has 0 spiro atoms. The Balaban J connectivity index is 2.23. The number of rotatable bonds is 5. The second-order valence-electron chi connectivity index (χ2n) is 6.14. The highest BCUT2D eigenvalue weighted by Gasteiger charge is 2.18. The lowest BCUT2D eigenvalue weighted by molar-refractivity contribution is -0.116. The van der Waals surface area contributed by atoms with Crippen LogP contribution in [-0.4, -0.2) is 11.6 Å². The van der Waals surface area contributed by atoms with Crippen molar-refractivity contribution >= 4 is 34.2 Å². The fourth-order valence-corrected chi connectivity index (χ4v) is 3.46. The first-order valence-electron chi connectivity index (χ1n) is 8.12. The Bertz CT molecular complexity index is 891. The first-order valence-corrected chi connectivity index (χ1v) is 9.20. The second-order valence-corrected chi connectivity index (χ2v) is 7.30. The third-order valence-electron chi connectivity index (χ3n) is 4.02. The Hall–Kier alpha value is -2.27. The monoisotopic (exact) mass is 463 g/mol. The van der Waals surface area contributed by atoms with Crippen LogP contribution in [0.3, 0.4) is 0 Å². The molecule has 1 aromatic carbocycles. The van der Waals surface area contributed by atoms with Gasteiger partial charge in [0.15, 0.2) is 0 Å². The predicted molar refractivity (Wildman–Crippen MR) is 108 cm³/mol. The number of nitriles is 1. The van der Waals surface area contributed by atoms with Crippen LogP contribution < -0.4 is 5.32 Å². The van der Waals surface area contributed by atoms with E-state index in [0.29, 0.717) is 29.7 Å². The van der Waals surface area contributed by atoms with Crippen LogP contribution >= 0.6 is 22.6 Å². The molecular formula is C20H19FIN3O. The van der Waals surface area contributed by atoms with E-state index in [-0.39, 0.29) is 23.9 Å². The topological polar surface area (TPSA) is 76.7 Å². The van der Waals surface area contributed by atoms with E-state index >= 15 is 0 Å². The van der Waals surface area contributed by atoms with E-state index in [2.05, 4.69) is 34.0 Å². The maximum absolute atomic E-state index is 13.1. The zero-order valence-corrected chi connectivity index (χ0v) is 16.8. The Morgan fingerprint density at radius 2 is 2.08 bits per heavy atom. The standard InChI is InChI=1S/C20H19FIN3O/c1-12(9-14-3-4-15(11-23)18(22)10-14)19(13(2)24)20(26)25-17-7-5-16(21)6-8-17/h3-5,7,10,24H,6,8-9H2,1-2H3,(H,25,26)/b19-12+,24-13?. The van der Waals surface area contributed by atoms with Crippen molar-refractivity contribution in [2.45, 2.75) is 33.1 Å². The number of halogens is 2. The second kappa shape index (κ2) is 8.90. The first-order chi connectivity index (χ1) is 12.3. The van der Waals surface area contributed by atoms with Gasteiger partial charge in [0.25, 0.3) is 5.91 Å². The number of hydrogen-bond donors (Lipinski definition) is 2. The molecular weight excluding hydrogens is 444 g/mol. The van der Waals surface area contributed by atoms with Crippen molar-refractivity contribution in [3.8, 4) is 6.07 Å². The molecule has 1 aromatic rings. The summed E-state index contributed by atoms with van der Waals surface area (Å²) in [5.74, 6) is -0.547. The Morgan fingerprint density at radius 1 is 1.35 bits per heavy atom. The molecule has 26 heavy (non-hydrogen) atoms. The van der Waals surface area contributed by atoms with Crippen molar-refractivity contribution in [3.63, 3.8) is 0 Å².